The first-order valence-corrected chi connectivity index (χ1v) is 13.7. The lowest BCUT2D eigenvalue weighted by atomic mass is 10.2. The van der Waals surface area contributed by atoms with E-state index in [9.17, 15) is 13.2 Å². The maximum Gasteiger partial charge on any atom is 0.260 e. The minimum atomic E-state index is -3.71. The lowest BCUT2D eigenvalue weighted by Crippen LogP contribution is -2.38. The number of hydrogen-bond donors (Lipinski definition) is 1. The summed E-state index contributed by atoms with van der Waals surface area (Å²) in [5.74, 6) is 0.400. The quantitative estimate of drug-likeness (QED) is 0.266. The molecule has 11 heteroatoms. The fourth-order valence-corrected chi connectivity index (χ4v) is 4.70. The van der Waals surface area contributed by atoms with Gasteiger partial charge in [-0.15, -0.1) is 0 Å². The number of anilines is 1. The summed E-state index contributed by atoms with van der Waals surface area (Å²) in [4.78, 5) is 12.4. The normalized spacial score (nSPS) is 11.4. The van der Waals surface area contributed by atoms with Crippen LogP contribution in [0.2, 0.25) is 5.02 Å². The Bertz CT molecular complexity index is 1350. The Morgan fingerprint density at radius 1 is 1.14 bits per heavy atom. The SMILES string of the molecule is COc1cc(/C=N\NC(=O)CN(c2ccc(Cl)cc2)S(C)(=O)=O)cc(Br)c1OCc1ccc(C)cc1. The minimum Gasteiger partial charge on any atom is -0.493 e. The third-order valence-corrected chi connectivity index (χ3v) is 6.94. The highest BCUT2D eigenvalue weighted by atomic mass is 79.9. The summed E-state index contributed by atoms with van der Waals surface area (Å²) in [6.07, 6.45) is 2.44. The predicted octanol–water partition coefficient (Wildman–Crippen LogP) is 4.91. The molecule has 0 heterocycles. The van der Waals surface area contributed by atoms with Crippen LogP contribution in [0.4, 0.5) is 5.69 Å². The Morgan fingerprint density at radius 2 is 1.81 bits per heavy atom. The van der Waals surface area contributed by atoms with Crippen molar-refractivity contribution in [1.82, 2.24) is 5.43 Å². The van der Waals surface area contributed by atoms with E-state index in [4.69, 9.17) is 21.1 Å². The number of hydrazone groups is 1. The van der Waals surface area contributed by atoms with Crippen molar-refractivity contribution in [2.24, 2.45) is 5.10 Å². The molecule has 8 nitrogen and oxygen atoms in total. The van der Waals surface area contributed by atoms with Crippen LogP contribution >= 0.6 is 27.5 Å². The van der Waals surface area contributed by atoms with E-state index in [1.807, 2.05) is 31.2 Å². The number of amides is 1. The van der Waals surface area contributed by atoms with Gasteiger partial charge in [0.2, 0.25) is 10.0 Å². The van der Waals surface area contributed by atoms with E-state index in [1.165, 1.54) is 31.0 Å². The number of carbonyl (C=O) groups is 1. The number of sulfonamides is 1. The monoisotopic (exact) mass is 593 g/mol. The van der Waals surface area contributed by atoms with E-state index < -0.39 is 22.5 Å². The lowest BCUT2D eigenvalue weighted by molar-refractivity contribution is -0.119. The van der Waals surface area contributed by atoms with E-state index in [1.54, 1.807) is 24.3 Å². The van der Waals surface area contributed by atoms with Gasteiger partial charge < -0.3 is 9.47 Å². The van der Waals surface area contributed by atoms with Gasteiger partial charge in [0.05, 0.1) is 29.7 Å². The molecule has 0 saturated carbocycles. The molecule has 1 N–H and O–H groups in total. The summed E-state index contributed by atoms with van der Waals surface area (Å²) in [5.41, 5.74) is 5.48. The molecule has 3 aromatic carbocycles. The molecule has 3 rings (SSSR count). The summed E-state index contributed by atoms with van der Waals surface area (Å²) in [6.45, 7) is 1.94. The Hall–Kier alpha value is -3.08. The molecule has 3 aromatic rings. The Morgan fingerprint density at radius 3 is 2.42 bits per heavy atom. The molecule has 0 aliphatic carbocycles. The van der Waals surface area contributed by atoms with Gasteiger partial charge in [0.25, 0.3) is 5.91 Å². The second-order valence-electron chi connectivity index (χ2n) is 7.85. The molecule has 0 fully saturated rings. The maximum absolute atomic E-state index is 12.4. The molecule has 0 aliphatic rings. The van der Waals surface area contributed by atoms with Crippen molar-refractivity contribution < 1.29 is 22.7 Å². The van der Waals surface area contributed by atoms with Crippen LogP contribution in [-0.2, 0) is 21.4 Å². The standard InChI is InChI=1S/C25H25BrClN3O5S/c1-17-4-6-18(7-5-17)16-35-25-22(26)12-19(13-23(25)34-2)14-28-29-24(31)15-30(36(3,32)33)21-10-8-20(27)9-11-21/h4-14H,15-16H2,1-3H3,(H,29,31)/b28-14-. The fourth-order valence-electron chi connectivity index (χ4n) is 3.15. The molecular weight excluding hydrogens is 570 g/mol. The van der Waals surface area contributed by atoms with Crippen LogP contribution in [0.15, 0.2) is 70.2 Å². The topological polar surface area (TPSA) is 97.3 Å². The first kappa shape index (κ1) is 27.5. The molecule has 0 aromatic heterocycles. The first-order valence-electron chi connectivity index (χ1n) is 10.7. The average molecular weight is 595 g/mol. The van der Waals surface area contributed by atoms with E-state index in [-0.39, 0.29) is 0 Å². The van der Waals surface area contributed by atoms with Crippen LogP contribution in [0, 0.1) is 6.92 Å². The van der Waals surface area contributed by atoms with Crippen LogP contribution in [-0.4, -0.2) is 40.4 Å². The number of carbonyl (C=O) groups excluding carboxylic acids is 1. The number of ether oxygens (including phenoxy) is 2. The summed E-state index contributed by atoms with van der Waals surface area (Å²) >= 11 is 9.36. The average Bonchev–Trinajstić information content (AvgIpc) is 2.82. The van der Waals surface area contributed by atoms with Crippen LogP contribution < -0.4 is 19.2 Å². The number of rotatable bonds is 10. The van der Waals surface area contributed by atoms with E-state index in [2.05, 4.69) is 26.5 Å². The summed E-state index contributed by atoms with van der Waals surface area (Å²) < 4.78 is 37.4. The molecule has 0 spiro atoms. The zero-order valence-corrected chi connectivity index (χ0v) is 23.0. The second-order valence-corrected chi connectivity index (χ2v) is 11.0. The molecule has 0 atom stereocenters. The zero-order valence-electron chi connectivity index (χ0n) is 19.9. The van der Waals surface area contributed by atoms with Crippen LogP contribution in [0.3, 0.4) is 0 Å². The molecule has 0 radical (unpaired) electrons. The van der Waals surface area contributed by atoms with Gasteiger partial charge in [-0.3, -0.25) is 9.10 Å². The van der Waals surface area contributed by atoms with Crippen LogP contribution in [0.1, 0.15) is 16.7 Å². The van der Waals surface area contributed by atoms with E-state index in [0.717, 1.165) is 16.1 Å². The van der Waals surface area contributed by atoms with E-state index in [0.29, 0.717) is 38.9 Å². The summed E-state index contributed by atoms with van der Waals surface area (Å²) in [7, 11) is -2.18. The van der Waals surface area contributed by atoms with Crippen molar-refractivity contribution in [3.05, 3.63) is 86.8 Å². The maximum atomic E-state index is 12.4. The third kappa shape index (κ3) is 7.71. The van der Waals surface area contributed by atoms with Crippen molar-refractivity contribution in [2.75, 3.05) is 24.2 Å². The molecule has 0 unspecified atom stereocenters. The predicted molar refractivity (Wildman–Crippen MR) is 146 cm³/mol. The highest BCUT2D eigenvalue weighted by Gasteiger charge is 2.20. The molecule has 36 heavy (non-hydrogen) atoms. The largest absolute Gasteiger partial charge is 0.493 e. The van der Waals surface area contributed by atoms with Crippen LogP contribution in [0.5, 0.6) is 11.5 Å². The molecular formula is C25H25BrClN3O5S. The zero-order chi connectivity index (χ0) is 26.3. The molecule has 190 valence electrons. The van der Waals surface area contributed by atoms with Gasteiger partial charge in [-0.1, -0.05) is 41.4 Å². The molecule has 0 aliphatic heterocycles. The number of methoxy groups -OCH3 is 1. The number of hydrogen-bond acceptors (Lipinski definition) is 6. The first-order chi connectivity index (χ1) is 17.1. The fraction of sp³-hybridized carbons (Fsp3) is 0.200. The number of benzene rings is 3. The number of nitrogens with zero attached hydrogens (tertiary/aromatic N) is 2. The van der Waals surface area contributed by atoms with Crippen molar-refractivity contribution in [3.63, 3.8) is 0 Å². The van der Waals surface area contributed by atoms with Gasteiger partial charge in [-0.2, -0.15) is 5.10 Å². The highest BCUT2D eigenvalue weighted by Crippen LogP contribution is 2.36. The van der Waals surface area contributed by atoms with Gasteiger partial charge >= 0.3 is 0 Å². The summed E-state index contributed by atoms with van der Waals surface area (Å²) in [6, 6.07) is 17.6. The number of halogens is 2. The van der Waals surface area contributed by atoms with Gasteiger partial charge in [0.15, 0.2) is 11.5 Å². The third-order valence-electron chi connectivity index (χ3n) is 4.96. The van der Waals surface area contributed by atoms with Gasteiger partial charge in [-0.05, 0) is 70.4 Å². The molecule has 0 saturated heterocycles. The van der Waals surface area contributed by atoms with Crippen molar-refractivity contribution in [1.29, 1.82) is 0 Å². The van der Waals surface area contributed by atoms with Gasteiger partial charge in [0.1, 0.15) is 13.2 Å². The van der Waals surface area contributed by atoms with Crippen molar-refractivity contribution >= 4 is 55.4 Å². The smallest absolute Gasteiger partial charge is 0.260 e. The van der Waals surface area contributed by atoms with Crippen molar-refractivity contribution in [3.8, 4) is 11.5 Å². The molecule has 0 bridgehead atoms. The Labute approximate surface area is 224 Å². The Balaban J connectivity index is 1.67. The van der Waals surface area contributed by atoms with Gasteiger partial charge in [0, 0.05) is 5.02 Å². The second kappa shape index (κ2) is 12.2. The van der Waals surface area contributed by atoms with Crippen LogP contribution in [0.25, 0.3) is 0 Å². The van der Waals surface area contributed by atoms with E-state index >= 15 is 0 Å². The minimum absolute atomic E-state index is 0.316. The number of aryl methyl sites for hydroxylation is 1. The lowest BCUT2D eigenvalue weighted by Gasteiger charge is -2.21. The van der Waals surface area contributed by atoms with Crippen molar-refractivity contribution in [2.45, 2.75) is 13.5 Å². The Kier molecular flexibility index (Phi) is 9.36. The number of nitrogens with one attached hydrogen (secondary N) is 1. The molecule has 1 amide bonds. The highest BCUT2D eigenvalue weighted by molar-refractivity contribution is 9.10. The summed E-state index contributed by atoms with van der Waals surface area (Å²) in [5, 5.41) is 4.40. The van der Waals surface area contributed by atoms with Gasteiger partial charge in [-0.25, -0.2) is 13.8 Å².